The highest BCUT2D eigenvalue weighted by atomic mass is 35.5. The van der Waals surface area contributed by atoms with Crippen LogP contribution in [0.3, 0.4) is 0 Å². The van der Waals surface area contributed by atoms with Gasteiger partial charge in [-0.3, -0.25) is 4.98 Å². The van der Waals surface area contributed by atoms with E-state index in [1.165, 1.54) is 6.21 Å². The molecule has 0 amide bonds. The molecule has 2 aromatic heterocycles. The number of halogens is 2. The molecule has 0 bridgehead atoms. The number of hydrogen-bond acceptors (Lipinski definition) is 4. The molecule has 0 unspecified atom stereocenters. The maximum atomic E-state index is 8.40. The third-order valence-electron chi connectivity index (χ3n) is 1.96. The van der Waals surface area contributed by atoms with Gasteiger partial charge in [0.2, 0.25) is 0 Å². The molecule has 1 N–H and O–H groups in total. The van der Waals surface area contributed by atoms with Gasteiger partial charge < -0.3 is 5.21 Å². The van der Waals surface area contributed by atoms with Crippen LogP contribution in [0.15, 0.2) is 47.9 Å². The molecule has 0 saturated heterocycles. The normalized spacial score (nSPS) is 8.84. The zero-order valence-electron chi connectivity index (χ0n) is 9.72. The van der Waals surface area contributed by atoms with Crippen molar-refractivity contribution in [2.75, 3.05) is 0 Å². The van der Waals surface area contributed by atoms with Gasteiger partial charge in [-0.05, 0) is 30.2 Å². The Labute approximate surface area is 123 Å². The second-order valence-corrected chi connectivity index (χ2v) is 3.18. The highest BCUT2D eigenvalue weighted by molar-refractivity contribution is 5.85. The van der Waals surface area contributed by atoms with E-state index in [4.69, 9.17) is 5.21 Å². The Morgan fingerprint density at radius 3 is 2.63 bits per heavy atom. The van der Waals surface area contributed by atoms with Crippen molar-refractivity contribution in [2.45, 2.75) is 0 Å². The highest BCUT2D eigenvalue weighted by Gasteiger charge is 1.92. The average Bonchev–Trinajstić information content (AvgIpc) is 2.39. The van der Waals surface area contributed by atoms with E-state index >= 15 is 0 Å². The predicted molar refractivity (Wildman–Crippen MR) is 78.3 cm³/mol. The van der Waals surface area contributed by atoms with Crippen LogP contribution in [0.5, 0.6) is 0 Å². The molecule has 0 radical (unpaired) electrons. The molecule has 4 nitrogen and oxygen atoms in total. The lowest BCUT2D eigenvalue weighted by Gasteiger charge is -1.92. The van der Waals surface area contributed by atoms with Gasteiger partial charge in [0, 0.05) is 18.0 Å². The molecule has 0 atom stereocenters. The molecule has 0 aliphatic rings. The van der Waals surface area contributed by atoms with E-state index in [9.17, 15) is 0 Å². The summed E-state index contributed by atoms with van der Waals surface area (Å²) in [6.07, 6.45) is 4.64. The molecular weight excluding hydrogens is 285 g/mol. The van der Waals surface area contributed by atoms with Gasteiger partial charge in [-0.25, -0.2) is 4.98 Å². The SMILES string of the molecule is Cl.Cl.ON=Cc1cccc(C#Cc2cccnc2)n1. The molecule has 0 spiro atoms. The molecular formula is C13H11Cl2N3O. The lowest BCUT2D eigenvalue weighted by molar-refractivity contribution is 0.321. The Kier molecular flexibility index (Phi) is 7.94. The Morgan fingerprint density at radius 1 is 1.11 bits per heavy atom. The number of aromatic nitrogens is 2. The van der Waals surface area contributed by atoms with Gasteiger partial charge in [0.05, 0.1) is 11.9 Å². The first-order valence-electron chi connectivity index (χ1n) is 4.95. The zero-order chi connectivity index (χ0) is 11.9. The Balaban J connectivity index is 0.00000162. The lowest BCUT2D eigenvalue weighted by atomic mass is 10.2. The molecule has 2 heterocycles. The van der Waals surface area contributed by atoms with Crippen molar-refractivity contribution in [3.8, 4) is 11.8 Å². The minimum absolute atomic E-state index is 0. The zero-order valence-corrected chi connectivity index (χ0v) is 11.4. The van der Waals surface area contributed by atoms with Gasteiger partial charge in [0.15, 0.2) is 0 Å². The molecule has 0 saturated carbocycles. The second-order valence-electron chi connectivity index (χ2n) is 3.18. The smallest absolute Gasteiger partial charge is 0.114 e. The fourth-order valence-electron chi connectivity index (χ4n) is 1.23. The summed E-state index contributed by atoms with van der Waals surface area (Å²) in [5.41, 5.74) is 2.01. The van der Waals surface area contributed by atoms with Crippen LogP contribution in [0.25, 0.3) is 0 Å². The summed E-state index contributed by atoms with van der Waals surface area (Å²) in [6, 6.07) is 9.02. The maximum absolute atomic E-state index is 8.40. The van der Waals surface area contributed by atoms with Crippen molar-refractivity contribution in [1.82, 2.24) is 9.97 Å². The van der Waals surface area contributed by atoms with Gasteiger partial charge in [-0.2, -0.15) is 0 Å². The number of oxime groups is 1. The van der Waals surface area contributed by atoms with E-state index in [1.54, 1.807) is 30.6 Å². The summed E-state index contributed by atoms with van der Waals surface area (Å²) in [5.74, 6) is 5.86. The van der Waals surface area contributed by atoms with Gasteiger partial charge in [-0.15, -0.1) is 24.8 Å². The van der Waals surface area contributed by atoms with Crippen molar-refractivity contribution in [3.63, 3.8) is 0 Å². The number of nitrogens with zero attached hydrogens (tertiary/aromatic N) is 3. The fraction of sp³-hybridized carbons (Fsp3) is 0. The standard InChI is InChI=1S/C13H9N3O.2ClH/c17-15-10-13-5-1-4-12(16-13)7-6-11-3-2-8-14-9-11;;/h1-5,8-10,17H;2*1H. The minimum Gasteiger partial charge on any atom is -0.411 e. The largest absolute Gasteiger partial charge is 0.411 e. The van der Waals surface area contributed by atoms with E-state index in [-0.39, 0.29) is 24.8 Å². The van der Waals surface area contributed by atoms with Crippen molar-refractivity contribution >= 4 is 31.0 Å². The van der Waals surface area contributed by atoms with Crippen LogP contribution in [0.1, 0.15) is 17.0 Å². The molecule has 2 aromatic rings. The highest BCUT2D eigenvalue weighted by Crippen LogP contribution is 1.97. The van der Waals surface area contributed by atoms with Crippen LogP contribution in [0.4, 0.5) is 0 Å². The van der Waals surface area contributed by atoms with Crippen LogP contribution >= 0.6 is 24.8 Å². The third kappa shape index (κ3) is 5.38. The van der Waals surface area contributed by atoms with E-state index < -0.39 is 0 Å². The number of rotatable bonds is 1. The van der Waals surface area contributed by atoms with E-state index in [1.807, 2.05) is 12.1 Å². The Bertz CT molecular complexity index is 592. The summed E-state index contributed by atoms with van der Waals surface area (Å²) in [6.45, 7) is 0. The third-order valence-corrected chi connectivity index (χ3v) is 1.96. The first-order valence-corrected chi connectivity index (χ1v) is 4.95. The first kappa shape index (κ1) is 16.9. The van der Waals surface area contributed by atoms with Crippen LogP contribution < -0.4 is 0 Å². The molecule has 0 fully saturated rings. The monoisotopic (exact) mass is 295 g/mol. The quantitative estimate of drug-likeness (QED) is 0.381. The molecule has 2 rings (SSSR count). The van der Waals surface area contributed by atoms with E-state index in [0.717, 1.165) is 5.56 Å². The number of pyridine rings is 2. The minimum atomic E-state index is 0. The summed E-state index contributed by atoms with van der Waals surface area (Å²) < 4.78 is 0. The fourth-order valence-corrected chi connectivity index (χ4v) is 1.23. The average molecular weight is 296 g/mol. The maximum Gasteiger partial charge on any atom is 0.114 e. The van der Waals surface area contributed by atoms with Crippen LogP contribution in [0, 0.1) is 11.8 Å². The molecule has 98 valence electrons. The van der Waals surface area contributed by atoms with Crippen LogP contribution in [-0.2, 0) is 0 Å². The molecule has 0 aliphatic heterocycles. The van der Waals surface area contributed by atoms with Gasteiger partial charge in [0.1, 0.15) is 5.69 Å². The van der Waals surface area contributed by atoms with Crippen molar-refractivity contribution in [3.05, 3.63) is 59.7 Å². The Morgan fingerprint density at radius 2 is 1.95 bits per heavy atom. The van der Waals surface area contributed by atoms with Crippen molar-refractivity contribution < 1.29 is 5.21 Å². The van der Waals surface area contributed by atoms with Gasteiger partial charge in [0.25, 0.3) is 0 Å². The lowest BCUT2D eigenvalue weighted by Crippen LogP contribution is -1.90. The first-order chi connectivity index (χ1) is 8.38. The van der Waals surface area contributed by atoms with Gasteiger partial charge in [-0.1, -0.05) is 17.1 Å². The molecule has 19 heavy (non-hydrogen) atoms. The van der Waals surface area contributed by atoms with Crippen molar-refractivity contribution in [2.24, 2.45) is 5.16 Å². The number of hydrogen-bond donors (Lipinski definition) is 1. The van der Waals surface area contributed by atoms with E-state index in [0.29, 0.717) is 11.4 Å². The van der Waals surface area contributed by atoms with Gasteiger partial charge >= 0.3 is 0 Å². The second kappa shape index (κ2) is 8.92. The summed E-state index contributed by atoms with van der Waals surface area (Å²) in [7, 11) is 0. The van der Waals surface area contributed by atoms with Crippen LogP contribution in [-0.4, -0.2) is 21.4 Å². The molecule has 0 aromatic carbocycles. The van der Waals surface area contributed by atoms with E-state index in [2.05, 4.69) is 27.0 Å². The summed E-state index contributed by atoms with van der Waals surface area (Å²) in [4.78, 5) is 8.14. The summed E-state index contributed by atoms with van der Waals surface area (Å²) >= 11 is 0. The molecule has 6 heteroatoms. The van der Waals surface area contributed by atoms with Crippen molar-refractivity contribution in [1.29, 1.82) is 0 Å². The summed E-state index contributed by atoms with van der Waals surface area (Å²) in [5, 5.41) is 11.3. The van der Waals surface area contributed by atoms with Crippen LogP contribution in [0.2, 0.25) is 0 Å². The topological polar surface area (TPSA) is 58.4 Å². The predicted octanol–water partition coefficient (Wildman–Crippen LogP) is 2.53. The Hall–Kier alpha value is -2.09. The molecule has 0 aliphatic carbocycles.